The Kier molecular flexibility index (Phi) is 7.44. The number of aryl methyl sites for hydroxylation is 2. The molecule has 0 spiro atoms. The number of nitrogens with zero attached hydrogens (tertiary/aromatic N) is 4. The van der Waals surface area contributed by atoms with Crippen LogP contribution in [0.25, 0.3) is 0 Å². The lowest BCUT2D eigenvalue weighted by Crippen LogP contribution is -2.44. The van der Waals surface area contributed by atoms with Crippen molar-refractivity contribution >= 4 is 12.1 Å². The van der Waals surface area contributed by atoms with Gasteiger partial charge < -0.3 is 24.8 Å². The van der Waals surface area contributed by atoms with Crippen molar-refractivity contribution in [3.63, 3.8) is 0 Å². The maximum Gasteiger partial charge on any atom is 0.407 e. The molecule has 1 aliphatic heterocycles. The Balaban J connectivity index is 1.80. The van der Waals surface area contributed by atoms with Crippen LogP contribution in [0.1, 0.15) is 52.3 Å². The van der Waals surface area contributed by atoms with Gasteiger partial charge >= 0.3 is 6.09 Å². The monoisotopic (exact) mass is 380 g/mol. The topological polar surface area (TPSA) is 105 Å². The summed E-state index contributed by atoms with van der Waals surface area (Å²) >= 11 is 0. The zero-order valence-corrected chi connectivity index (χ0v) is 17.0. The molecule has 9 nitrogen and oxygen atoms in total. The predicted molar refractivity (Wildman–Crippen MR) is 103 cm³/mol. The van der Waals surface area contributed by atoms with E-state index < -0.39 is 5.60 Å². The Bertz CT molecular complexity index is 637. The first-order valence-electron chi connectivity index (χ1n) is 9.59. The van der Waals surface area contributed by atoms with E-state index in [0.29, 0.717) is 31.2 Å². The molecule has 0 radical (unpaired) electrons. The number of aromatic nitrogens is 2. The molecule has 27 heavy (non-hydrogen) atoms. The van der Waals surface area contributed by atoms with Crippen molar-refractivity contribution in [3.8, 4) is 0 Å². The fraction of sp³-hybridized carbons (Fsp3) is 0.778. The smallest absolute Gasteiger partial charge is 0.407 e. The lowest BCUT2D eigenvalue weighted by molar-refractivity contribution is 0.0507. The molecule has 9 heteroatoms. The SMILES string of the molecule is CCNC(=NCCCc1nc(C)no1)N1CCC(NC(=O)OC(C)(C)C)C1. The van der Waals surface area contributed by atoms with Gasteiger partial charge in [-0.1, -0.05) is 5.16 Å². The first kappa shape index (κ1) is 21.0. The fourth-order valence-electron chi connectivity index (χ4n) is 2.83. The molecular weight excluding hydrogens is 348 g/mol. The van der Waals surface area contributed by atoms with E-state index >= 15 is 0 Å². The molecule has 2 heterocycles. The maximum atomic E-state index is 11.9. The average Bonchev–Trinajstić information content (AvgIpc) is 3.17. The summed E-state index contributed by atoms with van der Waals surface area (Å²) in [4.78, 5) is 23.0. The average molecular weight is 380 g/mol. The van der Waals surface area contributed by atoms with E-state index in [1.807, 2.05) is 34.6 Å². The number of amides is 1. The van der Waals surface area contributed by atoms with E-state index in [9.17, 15) is 4.79 Å². The van der Waals surface area contributed by atoms with Crippen LogP contribution in [0.4, 0.5) is 4.79 Å². The Morgan fingerprint density at radius 2 is 2.22 bits per heavy atom. The Labute approximate surface area is 160 Å². The summed E-state index contributed by atoms with van der Waals surface area (Å²) in [7, 11) is 0. The molecule has 152 valence electrons. The highest BCUT2D eigenvalue weighted by Gasteiger charge is 2.27. The molecule has 1 saturated heterocycles. The fourth-order valence-corrected chi connectivity index (χ4v) is 2.83. The number of rotatable bonds is 6. The third-order valence-corrected chi connectivity index (χ3v) is 3.92. The van der Waals surface area contributed by atoms with Gasteiger partial charge in [-0.3, -0.25) is 4.99 Å². The van der Waals surface area contributed by atoms with Gasteiger partial charge in [-0.15, -0.1) is 0 Å². The molecule has 1 atom stereocenters. The lowest BCUT2D eigenvalue weighted by atomic mass is 10.2. The Morgan fingerprint density at radius 3 is 2.85 bits per heavy atom. The second-order valence-corrected chi connectivity index (χ2v) is 7.65. The van der Waals surface area contributed by atoms with E-state index in [2.05, 4.69) is 30.7 Å². The van der Waals surface area contributed by atoms with Gasteiger partial charge in [0.1, 0.15) is 5.60 Å². The molecule has 1 aromatic rings. The number of hydrogen-bond acceptors (Lipinski definition) is 6. The van der Waals surface area contributed by atoms with Crippen LogP contribution in [0.15, 0.2) is 9.52 Å². The molecule has 0 saturated carbocycles. The molecular formula is C18H32N6O3. The normalized spacial score (nSPS) is 17.9. The molecule has 1 amide bonds. The quantitative estimate of drug-likeness (QED) is 0.441. The summed E-state index contributed by atoms with van der Waals surface area (Å²) < 4.78 is 10.4. The summed E-state index contributed by atoms with van der Waals surface area (Å²) in [5.74, 6) is 2.17. The number of aliphatic imine (C=N–C) groups is 1. The van der Waals surface area contributed by atoms with Gasteiger partial charge in [-0.2, -0.15) is 4.98 Å². The third-order valence-electron chi connectivity index (χ3n) is 3.92. The van der Waals surface area contributed by atoms with Crippen LogP contribution in [-0.4, -0.2) is 64.9 Å². The number of likely N-dealkylation sites (tertiary alicyclic amines) is 1. The summed E-state index contributed by atoms with van der Waals surface area (Å²) in [6.07, 6.45) is 2.05. The number of guanidine groups is 1. The first-order chi connectivity index (χ1) is 12.8. The number of carbonyl (C=O) groups is 1. The number of hydrogen-bond donors (Lipinski definition) is 2. The third kappa shape index (κ3) is 7.44. The van der Waals surface area contributed by atoms with Crippen LogP contribution in [0.5, 0.6) is 0 Å². The molecule has 1 unspecified atom stereocenters. The number of ether oxygens (including phenoxy) is 1. The van der Waals surface area contributed by atoms with Crippen molar-refractivity contribution in [2.75, 3.05) is 26.2 Å². The Hall–Kier alpha value is -2.32. The van der Waals surface area contributed by atoms with E-state index in [-0.39, 0.29) is 12.1 Å². The van der Waals surface area contributed by atoms with E-state index in [4.69, 9.17) is 9.26 Å². The van der Waals surface area contributed by atoms with Gasteiger partial charge in [0.25, 0.3) is 0 Å². The molecule has 1 aliphatic rings. The van der Waals surface area contributed by atoms with Gasteiger partial charge in [0.05, 0.1) is 6.04 Å². The molecule has 2 N–H and O–H groups in total. The second-order valence-electron chi connectivity index (χ2n) is 7.65. The minimum absolute atomic E-state index is 0.0603. The predicted octanol–water partition coefficient (Wildman–Crippen LogP) is 1.88. The van der Waals surface area contributed by atoms with Crippen molar-refractivity contribution < 1.29 is 14.1 Å². The first-order valence-corrected chi connectivity index (χ1v) is 9.59. The van der Waals surface area contributed by atoms with Crippen LogP contribution < -0.4 is 10.6 Å². The molecule has 0 aliphatic carbocycles. The van der Waals surface area contributed by atoms with Crippen molar-refractivity contribution in [3.05, 3.63) is 11.7 Å². The van der Waals surface area contributed by atoms with E-state index in [1.165, 1.54) is 0 Å². The minimum atomic E-state index is -0.490. The highest BCUT2D eigenvalue weighted by atomic mass is 16.6. The summed E-state index contributed by atoms with van der Waals surface area (Å²) in [6.45, 7) is 12.5. The zero-order chi connectivity index (χ0) is 19.9. The van der Waals surface area contributed by atoms with Crippen molar-refractivity contribution in [2.24, 2.45) is 4.99 Å². The zero-order valence-electron chi connectivity index (χ0n) is 17.0. The maximum absolute atomic E-state index is 11.9. The Morgan fingerprint density at radius 1 is 1.44 bits per heavy atom. The van der Waals surface area contributed by atoms with Crippen LogP contribution in [-0.2, 0) is 11.2 Å². The molecule has 1 aromatic heterocycles. The molecule has 1 fully saturated rings. The summed E-state index contributed by atoms with van der Waals surface area (Å²) in [6, 6.07) is 0.0603. The van der Waals surface area contributed by atoms with Crippen molar-refractivity contribution in [1.29, 1.82) is 0 Å². The van der Waals surface area contributed by atoms with E-state index in [1.54, 1.807) is 0 Å². The number of alkyl carbamates (subject to hydrolysis) is 1. The lowest BCUT2D eigenvalue weighted by Gasteiger charge is -2.23. The van der Waals surface area contributed by atoms with Crippen LogP contribution in [0.2, 0.25) is 0 Å². The van der Waals surface area contributed by atoms with Gasteiger partial charge in [-0.25, -0.2) is 4.79 Å². The van der Waals surface area contributed by atoms with E-state index in [0.717, 1.165) is 31.9 Å². The number of nitrogens with one attached hydrogen (secondary N) is 2. The molecule has 0 aromatic carbocycles. The standard InChI is InChI=1S/C18H32N6O3/c1-6-19-16(20-10-7-8-15-21-13(2)23-27-15)24-11-9-14(12-24)22-17(25)26-18(3,4)5/h14H,6-12H2,1-5H3,(H,19,20)(H,22,25). The second kappa shape index (κ2) is 9.57. The van der Waals surface area contributed by atoms with Crippen LogP contribution >= 0.6 is 0 Å². The number of carbonyl (C=O) groups excluding carboxylic acids is 1. The van der Waals surface area contributed by atoms with Gasteiger partial charge in [-0.05, 0) is 47.5 Å². The highest BCUT2D eigenvalue weighted by molar-refractivity contribution is 5.80. The summed E-state index contributed by atoms with van der Waals surface area (Å²) in [5, 5.41) is 10.0. The largest absolute Gasteiger partial charge is 0.444 e. The highest BCUT2D eigenvalue weighted by Crippen LogP contribution is 2.12. The van der Waals surface area contributed by atoms with Crippen LogP contribution in [0, 0.1) is 6.92 Å². The van der Waals surface area contributed by atoms with Crippen LogP contribution in [0.3, 0.4) is 0 Å². The van der Waals surface area contributed by atoms with Gasteiger partial charge in [0, 0.05) is 32.6 Å². The molecule has 0 bridgehead atoms. The van der Waals surface area contributed by atoms with Crippen molar-refractivity contribution in [2.45, 2.75) is 65.5 Å². The minimum Gasteiger partial charge on any atom is -0.444 e. The van der Waals surface area contributed by atoms with Crippen molar-refractivity contribution in [1.82, 2.24) is 25.7 Å². The van der Waals surface area contributed by atoms with Gasteiger partial charge in [0.15, 0.2) is 11.8 Å². The molecule has 2 rings (SSSR count). The van der Waals surface area contributed by atoms with Gasteiger partial charge in [0.2, 0.25) is 5.89 Å². The summed E-state index contributed by atoms with van der Waals surface area (Å²) in [5.41, 5.74) is -0.490.